The van der Waals surface area contributed by atoms with Crippen LogP contribution in [0, 0.1) is 5.92 Å². The molecule has 124 valence electrons. The topological polar surface area (TPSA) is 54.3 Å². The van der Waals surface area contributed by atoms with Gasteiger partial charge in [0.1, 0.15) is 0 Å². The lowest BCUT2D eigenvalue weighted by molar-refractivity contribution is -0.141. The van der Waals surface area contributed by atoms with Crippen LogP contribution < -0.4 is 5.32 Å². The molecule has 24 heavy (non-hydrogen) atoms. The Morgan fingerprint density at radius 1 is 1.17 bits per heavy atom. The summed E-state index contributed by atoms with van der Waals surface area (Å²) in [7, 11) is 0. The van der Waals surface area contributed by atoms with Gasteiger partial charge in [-0.3, -0.25) is 4.79 Å². The van der Waals surface area contributed by atoms with E-state index in [1.54, 1.807) is 0 Å². The summed E-state index contributed by atoms with van der Waals surface area (Å²) in [4.78, 5) is 11.2. The van der Waals surface area contributed by atoms with Crippen molar-refractivity contribution in [1.29, 1.82) is 0 Å². The number of rotatable bonds is 3. The SMILES string of the molecule is CC(C)n1c2ccccc2c2cc(C3CC(C(=O)O)CN3)ccc21. The molecule has 4 rings (SSSR count). The third kappa shape index (κ3) is 2.29. The summed E-state index contributed by atoms with van der Waals surface area (Å²) in [5.74, 6) is -0.995. The van der Waals surface area contributed by atoms with E-state index in [0.717, 1.165) is 0 Å². The zero-order valence-electron chi connectivity index (χ0n) is 14.0. The fraction of sp³-hybridized carbons (Fsp3) is 0.350. The van der Waals surface area contributed by atoms with Crippen LogP contribution >= 0.6 is 0 Å². The molecule has 2 heterocycles. The molecule has 0 aliphatic carbocycles. The lowest BCUT2D eigenvalue weighted by atomic mass is 9.98. The molecule has 4 heteroatoms. The number of nitrogens with zero attached hydrogens (tertiary/aromatic N) is 1. The highest BCUT2D eigenvalue weighted by molar-refractivity contribution is 6.08. The maximum Gasteiger partial charge on any atom is 0.307 e. The second-order valence-electron chi connectivity index (χ2n) is 6.99. The minimum absolute atomic E-state index is 0.122. The van der Waals surface area contributed by atoms with Crippen molar-refractivity contribution in [2.24, 2.45) is 5.92 Å². The number of carbonyl (C=O) groups is 1. The number of benzene rings is 2. The fourth-order valence-electron chi connectivity index (χ4n) is 3.97. The Morgan fingerprint density at radius 3 is 2.62 bits per heavy atom. The number of aromatic nitrogens is 1. The van der Waals surface area contributed by atoms with Gasteiger partial charge in [0.05, 0.1) is 5.92 Å². The Labute approximate surface area is 141 Å². The highest BCUT2D eigenvalue weighted by Crippen LogP contribution is 2.35. The monoisotopic (exact) mass is 322 g/mol. The van der Waals surface area contributed by atoms with Crippen LogP contribution in [0.1, 0.15) is 37.9 Å². The van der Waals surface area contributed by atoms with Gasteiger partial charge in [-0.05, 0) is 44.0 Å². The second-order valence-corrected chi connectivity index (χ2v) is 6.99. The Hall–Kier alpha value is -2.33. The second kappa shape index (κ2) is 5.64. The molecule has 1 fully saturated rings. The van der Waals surface area contributed by atoms with Gasteiger partial charge in [-0.15, -0.1) is 0 Å². The lowest BCUT2D eigenvalue weighted by Crippen LogP contribution is -2.17. The summed E-state index contributed by atoms with van der Waals surface area (Å²) >= 11 is 0. The quantitative estimate of drug-likeness (QED) is 0.763. The van der Waals surface area contributed by atoms with Crippen LogP contribution in [0.5, 0.6) is 0 Å². The first kappa shape index (κ1) is 15.2. The maximum atomic E-state index is 11.2. The van der Waals surface area contributed by atoms with Gasteiger partial charge in [0.15, 0.2) is 0 Å². The predicted octanol–water partition coefficient (Wildman–Crippen LogP) is 4.11. The number of hydrogen-bond acceptors (Lipinski definition) is 2. The highest BCUT2D eigenvalue weighted by Gasteiger charge is 2.30. The van der Waals surface area contributed by atoms with E-state index in [0.29, 0.717) is 19.0 Å². The number of nitrogens with one attached hydrogen (secondary N) is 1. The van der Waals surface area contributed by atoms with Gasteiger partial charge in [-0.25, -0.2) is 0 Å². The van der Waals surface area contributed by atoms with Crippen LogP contribution in [0.4, 0.5) is 0 Å². The summed E-state index contributed by atoms with van der Waals surface area (Å²) in [6.07, 6.45) is 0.656. The van der Waals surface area contributed by atoms with E-state index in [-0.39, 0.29) is 12.0 Å². The number of fused-ring (bicyclic) bond motifs is 3. The minimum Gasteiger partial charge on any atom is -0.481 e. The molecule has 0 amide bonds. The van der Waals surface area contributed by atoms with Crippen molar-refractivity contribution in [3.63, 3.8) is 0 Å². The summed E-state index contributed by atoms with van der Waals surface area (Å²) in [5, 5.41) is 15.1. The van der Waals surface area contributed by atoms with E-state index < -0.39 is 5.97 Å². The molecular formula is C20H22N2O2. The molecule has 0 saturated carbocycles. The molecule has 0 spiro atoms. The lowest BCUT2D eigenvalue weighted by Gasteiger charge is -2.13. The summed E-state index contributed by atoms with van der Waals surface area (Å²) in [6, 6.07) is 15.6. The molecule has 0 bridgehead atoms. The van der Waals surface area contributed by atoms with Crippen molar-refractivity contribution in [2.45, 2.75) is 32.4 Å². The van der Waals surface area contributed by atoms with Gasteiger partial charge in [0.25, 0.3) is 0 Å². The fourth-order valence-corrected chi connectivity index (χ4v) is 3.97. The van der Waals surface area contributed by atoms with Gasteiger partial charge in [-0.1, -0.05) is 24.3 Å². The average Bonchev–Trinajstić information content (AvgIpc) is 3.17. The van der Waals surface area contributed by atoms with E-state index in [4.69, 9.17) is 0 Å². The Balaban J connectivity index is 1.84. The molecule has 0 radical (unpaired) electrons. The normalized spacial score (nSPS) is 21.1. The Morgan fingerprint density at radius 2 is 1.92 bits per heavy atom. The molecule has 2 N–H and O–H groups in total. The average molecular weight is 322 g/mol. The van der Waals surface area contributed by atoms with Crippen LogP contribution in [0.3, 0.4) is 0 Å². The number of aliphatic carboxylic acids is 1. The zero-order chi connectivity index (χ0) is 16.8. The molecule has 1 aliphatic rings. The van der Waals surface area contributed by atoms with Crippen LogP contribution in [0.25, 0.3) is 21.8 Å². The number of carboxylic acids is 1. The molecular weight excluding hydrogens is 300 g/mol. The molecule has 2 aromatic carbocycles. The van der Waals surface area contributed by atoms with Crippen LogP contribution in [0.2, 0.25) is 0 Å². The molecule has 1 aliphatic heterocycles. The van der Waals surface area contributed by atoms with Gasteiger partial charge >= 0.3 is 5.97 Å². The molecule has 1 aromatic heterocycles. The van der Waals surface area contributed by atoms with Crippen molar-refractivity contribution >= 4 is 27.8 Å². The van der Waals surface area contributed by atoms with E-state index in [1.807, 2.05) is 0 Å². The Bertz CT molecular complexity index is 926. The third-order valence-electron chi connectivity index (χ3n) is 5.13. The molecule has 2 atom stereocenters. The number of para-hydroxylation sites is 1. The van der Waals surface area contributed by atoms with Crippen molar-refractivity contribution < 1.29 is 9.90 Å². The molecule has 1 saturated heterocycles. The molecule has 4 nitrogen and oxygen atoms in total. The van der Waals surface area contributed by atoms with Crippen LogP contribution in [-0.4, -0.2) is 22.2 Å². The third-order valence-corrected chi connectivity index (χ3v) is 5.13. The minimum atomic E-state index is -0.706. The van der Waals surface area contributed by atoms with E-state index in [2.05, 4.69) is 66.2 Å². The first-order valence-electron chi connectivity index (χ1n) is 8.55. The van der Waals surface area contributed by atoms with Crippen LogP contribution in [0.15, 0.2) is 42.5 Å². The van der Waals surface area contributed by atoms with Gasteiger partial charge in [0, 0.05) is 40.4 Å². The Kier molecular flexibility index (Phi) is 3.57. The maximum absolute atomic E-state index is 11.2. The largest absolute Gasteiger partial charge is 0.481 e. The standard InChI is InChI=1S/C20H22N2O2/c1-12(2)22-18-6-4-3-5-15(18)16-9-13(7-8-19(16)22)17-10-14(11-21-17)20(23)24/h3-9,12,14,17,21H,10-11H2,1-2H3,(H,23,24). The molecule has 2 unspecified atom stereocenters. The van der Waals surface area contributed by atoms with Gasteiger partial charge < -0.3 is 15.0 Å². The summed E-state index contributed by atoms with van der Waals surface area (Å²) in [5.41, 5.74) is 3.67. The first-order valence-corrected chi connectivity index (χ1v) is 8.55. The van der Waals surface area contributed by atoms with Crippen molar-refractivity contribution in [2.75, 3.05) is 6.54 Å². The van der Waals surface area contributed by atoms with Gasteiger partial charge in [0.2, 0.25) is 0 Å². The van der Waals surface area contributed by atoms with Crippen molar-refractivity contribution in [1.82, 2.24) is 9.88 Å². The van der Waals surface area contributed by atoms with E-state index >= 15 is 0 Å². The van der Waals surface area contributed by atoms with Gasteiger partial charge in [-0.2, -0.15) is 0 Å². The first-order chi connectivity index (χ1) is 11.6. The van der Waals surface area contributed by atoms with E-state index in [1.165, 1.54) is 27.4 Å². The van der Waals surface area contributed by atoms with Crippen molar-refractivity contribution in [3.05, 3.63) is 48.0 Å². The number of hydrogen-bond donors (Lipinski definition) is 2. The smallest absolute Gasteiger partial charge is 0.307 e. The highest BCUT2D eigenvalue weighted by atomic mass is 16.4. The number of carboxylic acid groups (broad SMARTS) is 1. The van der Waals surface area contributed by atoms with E-state index in [9.17, 15) is 9.90 Å². The summed E-state index contributed by atoms with van der Waals surface area (Å²) in [6.45, 7) is 4.96. The molecule has 3 aromatic rings. The van der Waals surface area contributed by atoms with Crippen molar-refractivity contribution in [3.8, 4) is 0 Å². The zero-order valence-corrected chi connectivity index (χ0v) is 14.0. The predicted molar refractivity (Wildman–Crippen MR) is 96.3 cm³/mol. The summed E-state index contributed by atoms with van der Waals surface area (Å²) < 4.78 is 2.37. The van der Waals surface area contributed by atoms with Crippen LogP contribution in [-0.2, 0) is 4.79 Å².